The van der Waals surface area contributed by atoms with E-state index in [0.29, 0.717) is 10.7 Å². The molecule has 1 heterocycles. The maximum absolute atomic E-state index is 11.9. The first-order valence-corrected chi connectivity index (χ1v) is 8.35. The second-order valence-electron chi connectivity index (χ2n) is 5.03. The van der Waals surface area contributed by atoms with Gasteiger partial charge < -0.3 is 10.0 Å². The lowest BCUT2D eigenvalue weighted by Crippen LogP contribution is -2.46. The third kappa shape index (κ3) is 2.97. The van der Waals surface area contributed by atoms with Crippen LogP contribution in [0.15, 0.2) is 18.2 Å². The first-order valence-electron chi connectivity index (χ1n) is 6.16. The average Bonchev–Trinajstić information content (AvgIpc) is 2.57. The molecule has 0 aromatic heterocycles. The zero-order valence-corrected chi connectivity index (χ0v) is 12.8. The van der Waals surface area contributed by atoms with Crippen LogP contribution in [0, 0.1) is 6.92 Å². The largest absolute Gasteiger partial charge is 0.390 e. The minimum absolute atomic E-state index is 0.237. The Hall–Kier alpha value is -1.11. The molecule has 20 heavy (non-hydrogen) atoms. The number of sulfone groups is 1. The van der Waals surface area contributed by atoms with Gasteiger partial charge in [-0.1, -0.05) is 17.7 Å². The summed E-state index contributed by atoms with van der Waals surface area (Å²) >= 11 is 6.04. The molecule has 2 unspecified atom stereocenters. The van der Waals surface area contributed by atoms with Crippen LogP contribution in [0.25, 0.3) is 0 Å². The highest BCUT2D eigenvalue weighted by atomic mass is 35.5. The lowest BCUT2D eigenvalue weighted by Gasteiger charge is -2.29. The molecule has 0 spiro atoms. The first-order chi connectivity index (χ1) is 9.21. The maximum atomic E-state index is 11.9. The van der Waals surface area contributed by atoms with E-state index in [-0.39, 0.29) is 17.4 Å². The van der Waals surface area contributed by atoms with E-state index in [1.54, 1.807) is 18.2 Å². The number of hydrogen-bond donors (Lipinski definition) is 1. The summed E-state index contributed by atoms with van der Waals surface area (Å²) in [6.45, 7) is 3.17. The van der Waals surface area contributed by atoms with Gasteiger partial charge in [-0.15, -0.1) is 0 Å². The van der Waals surface area contributed by atoms with Crippen LogP contribution in [0.3, 0.4) is 0 Å². The monoisotopic (exact) mass is 317 g/mol. The molecule has 1 aromatic carbocycles. The van der Waals surface area contributed by atoms with Crippen LogP contribution < -0.4 is 4.90 Å². The number of rotatable bonds is 2. The van der Waals surface area contributed by atoms with Crippen LogP contribution in [0.5, 0.6) is 0 Å². The fourth-order valence-electron chi connectivity index (χ4n) is 2.40. The number of carbonyl (C=O) groups is 1. The molecule has 0 bridgehead atoms. The molecule has 0 radical (unpaired) electrons. The SMILES string of the molecule is CC(=O)N(c1ccc(C)c(Cl)c1)C1CS(=O)(=O)CC1O. The Morgan fingerprint density at radius 1 is 1.40 bits per heavy atom. The first kappa shape index (κ1) is 15.3. The van der Waals surface area contributed by atoms with Crippen molar-refractivity contribution in [2.45, 2.75) is 26.0 Å². The number of benzene rings is 1. The van der Waals surface area contributed by atoms with Gasteiger partial charge in [0.1, 0.15) is 0 Å². The molecule has 1 saturated heterocycles. The third-order valence-electron chi connectivity index (χ3n) is 3.40. The zero-order valence-electron chi connectivity index (χ0n) is 11.2. The van der Waals surface area contributed by atoms with Gasteiger partial charge in [0.25, 0.3) is 0 Å². The number of aliphatic hydroxyl groups excluding tert-OH is 1. The van der Waals surface area contributed by atoms with Crippen LogP contribution in [-0.2, 0) is 14.6 Å². The van der Waals surface area contributed by atoms with Crippen LogP contribution in [0.1, 0.15) is 12.5 Å². The fraction of sp³-hybridized carbons (Fsp3) is 0.462. The van der Waals surface area contributed by atoms with Gasteiger partial charge in [-0.2, -0.15) is 0 Å². The van der Waals surface area contributed by atoms with Crippen molar-refractivity contribution in [2.75, 3.05) is 16.4 Å². The number of aryl methyl sites for hydroxylation is 1. The summed E-state index contributed by atoms with van der Waals surface area (Å²) in [4.78, 5) is 13.2. The Morgan fingerprint density at radius 3 is 2.50 bits per heavy atom. The smallest absolute Gasteiger partial charge is 0.224 e. The number of nitrogens with zero attached hydrogens (tertiary/aromatic N) is 1. The molecular formula is C13H16ClNO4S. The van der Waals surface area contributed by atoms with Crippen LogP contribution in [-0.4, -0.2) is 43.1 Å². The Bertz CT molecular complexity index is 644. The van der Waals surface area contributed by atoms with Gasteiger partial charge in [0.05, 0.1) is 23.7 Å². The normalized spacial score (nSPS) is 24.6. The highest BCUT2D eigenvalue weighted by molar-refractivity contribution is 7.91. The Morgan fingerprint density at radius 2 is 2.05 bits per heavy atom. The molecular weight excluding hydrogens is 302 g/mol. The van der Waals surface area contributed by atoms with Gasteiger partial charge in [-0.25, -0.2) is 8.42 Å². The standard InChI is InChI=1S/C13H16ClNO4S/c1-8-3-4-10(5-11(8)14)15(9(2)16)12-6-20(18,19)7-13(12)17/h3-5,12-13,17H,6-7H2,1-2H3. The molecule has 1 fully saturated rings. The summed E-state index contributed by atoms with van der Waals surface area (Å²) < 4.78 is 23.2. The summed E-state index contributed by atoms with van der Waals surface area (Å²) in [6, 6.07) is 4.29. The second kappa shape index (κ2) is 5.35. The number of hydrogen-bond acceptors (Lipinski definition) is 4. The van der Waals surface area contributed by atoms with E-state index in [4.69, 9.17) is 11.6 Å². The van der Waals surface area contributed by atoms with E-state index in [1.165, 1.54) is 11.8 Å². The number of amides is 1. The van der Waals surface area contributed by atoms with Crippen LogP contribution >= 0.6 is 11.6 Å². The minimum atomic E-state index is -3.33. The van der Waals surface area contributed by atoms with Gasteiger partial charge >= 0.3 is 0 Å². The van der Waals surface area contributed by atoms with E-state index in [9.17, 15) is 18.3 Å². The highest BCUT2D eigenvalue weighted by Crippen LogP contribution is 2.28. The van der Waals surface area contributed by atoms with Crippen molar-refractivity contribution in [2.24, 2.45) is 0 Å². The van der Waals surface area contributed by atoms with Crippen molar-refractivity contribution in [1.29, 1.82) is 0 Å². The van der Waals surface area contributed by atoms with Crippen molar-refractivity contribution in [3.05, 3.63) is 28.8 Å². The second-order valence-corrected chi connectivity index (χ2v) is 7.60. The van der Waals surface area contributed by atoms with Gasteiger partial charge in [0.2, 0.25) is 5.91 Å². The topological polar surface area (TPSA) is 74.7 Å². The molecule has 110 valence electrons. The molecule has 0 saturated carbocycles. The molecule has 0 aliphatic carbocycles. The quantitative estimate of drug-likeness (QED) is 0.888. The summed E-state index contributed by atoms with van der Waals surface area (Å²) in [6.07, 6.45) is -1.08. The Labute approximate surface area is 123 Å². The van der Waals surface area contributed by atoms with Crippen LogP contribution in [0.2, 0.25) is 5.02 Å². The molecule has 7 heteroatoms. The van der Waals surface area contributed by atoms with Crippen molar-refractivity contribution in [3.8, 4) is 0 Å². The number of carbonyl (C=O) groups excluding carboxylic acids is 1. The van der Waals surface area contributed by atoms with E-state index in [1.807, 2.05) is 6.92 Å². The molecule has 2 atom stereocenters. The highest BCUT2D eigenvalue weighted by Gasteiger charge is 2.41. The predicted molar refractivity (Wildman–Crippen MR) is 77.8 cm³/mol. The average molecular weight is 318 g/mol. The van der Waals surface area contributed by atoms with Crippen molar-refractivity contribution >= 4 is 33.0 Å². The summed E-state index contributed by atoms with van der Waals surface area (Å²) in [5.41, 5.74) is 1.35. The van der Waals surface area contributed by atoms with Crippen molar-refractivity contribution in [1.82, 2.24) is 0 Å². The van der Waals surface area contributed by atoms with Gasteiger partial charge in [-0.3, -0.25) is 4.79 Å². The molecule has 5 nitrogen and oxygen atoms in total. The van der Waals surface area contributed by atoms with E-state index in [2.05, 4.69) is 0 Å². The van der Waals surface area contributed by atoms with E-state index < -0.39 is 22.0 Å². The molecule has 1 aliphatic rings. The maximum Gasteiger partial charge on any atom is 0.224 e. The fourth-order valence-corrected chi connectivity index (χ4v) is 4.34. The summed E-state index contributed by atoms with van der Waals surface area (Å²) in [5, 5.41) is 10.4. The number of halogens is 1. The molecule has 2 rings (SSSR count). The number of aliphatic hydroxyl groups is 1. The Balaban J connectivity index is 2.42. The van der Waals surface area contributed by atoms with Gasteiger partial charge in [0, 0.05) is 17.6 Å². The van der Waals surface area contributed by atoms with E-state index >= 15 is 0 Å². The van der Waals surface area contributed by atoms with Crippen molar-refractivity contribution in [3.63, 3.8) is 0 Å². The molecule has 1 aromatic rings. The van der Waals surface area contributed by atoms with Crippen molar-refractivity contribution < 1.29 is 18.3 Å². The Kier molecular flexibility index (Phi) is 4.09. The lowest BCUT2D eigenvalue weighted by atomic mass is 10.1. The summed E-state index contributed by atoms with van der Waals surface area (Å²) in [7, 11) is -3.33. The van der Waals surface area contributed by atoms with Gasteiger partial charge in [-0.05, 0) is 24.6 Å². The lowest BCUT2D eigenvalue weighted by molar-refractivity contribution is -0.117. The minimum Gasteiger partial charge on any atom is -0.390 e. The molecule has 1 N–H and O–H groups in total. The number of anilines is 1. The summed E-state index contributed by atoms with van der Waals surface area (Å²) in [5.74, 6) is -0.883. The molecule has 1 aliphatic heterocycles. The van der Waals surface area contributed by atoms with Crippen LogP contribution in [0.4, 0.5) is 5.69 Å². The van der Waals surface area contributed by atoms with E-state index in [0.717, 1.165) is 5.56 Å². The molecule has 1 amide bonds. The predicted octanol–water partition coefficient (Wildman–Crippen LogP) is 1.16. The zero-order chi connectivity index (χ0) is 15.1. The third-order valence-corrected chi connectivity index (χ3v) is 5.50. The van der Waals surface area contributed by atoms with Gasteiger partial charge in [0.15, 0.2) is 9.84 Å².